The van der Waals surface area contributed by atoms with Crippen molar-refractivity contribution in [3.8, 4) is 0 Å². The van der Waals surface area contributed by atoms with Gasteiger partial charge in [-0.15, -0.1) is 5.16 Å². The third kappa shape index (κ3) is 2.17. The zero-order valence-electron chi connectivity index (χ0n) is 7.44. The van der Waals surface area contributed by atoms with Gasteiger partial charge in [-0.2, -0.15) is 0 Å². The first kappa shape index (κ1) is 9.92. The summed E-state index contributed by atoms with van der Waals surface area (Å²) < 4.78 is 3.32. The van der Waals surface area contributed by atoms with Crippen molar-refractivity contribution in [2.45, 2.75) is 11.7 Å². The van der Waals surface area contributed by atoms with E-state index in [1.54, 1.807) is 29.7 Å². The first-order valence-corrected chi connectivity index (χ1v) is 5.42. The fourth-order valence-electron chi connectivity index (χ4n) is 0.870. The van der Waals surface area contributed by atoms with Gasteiger partial charge in [0.25, 0.3) is 4.38 Å². The SMILES string of the molecule is C[N+](C)=C1SC[C@](C)(/C=N\O)S1. The summed E-state index contributed by atoms with van der Waals surface area (Å²) in [6.45, 7) is 2.07. The van der Waals surface area contributed by atoms with Gasteiger partial charge in [-0.1, -0.05) is 0 Å². The molecule has 0 aromatic heterocycles. The summed E-state index contributed by atoms with van der Waals surface area (Å²) >= 11 is 3.54. The third-order valence-corrected chi connectivity index (χ3v) is 4.90. The standard InChI is InChI=1S/C7H12N2OS2/c1-7(4-8-10)5-11-6(12-7)9(2)3/h4H,5H2,1-3H3/p+1/b8-4-/t7-/m0/s1. The van der Waals surface area contributed by atoms with Crippen LogP contribution in [0.25, 0.3) is 0 Å². The van der Waals surface area contributed by atoms with E-state index in [2.05, 4.69) is 16.7 Å². The predicted molar refractivity (Wildman–Crippen MR) is 55.8 cm³/mol. The number of hydrogen-bond donors (Lipinski definition) is 1. The lowest BCUT2D eigenvalue weighted by Crippen LogP contribution is -2.21. The van der Waals surface area contributed by atoms with E-state index in [0.29, 0.717) is 0 Å². The fraction of sp³-hybridized carbons (Fsp3) is 0.714. The van der Waals surface area contributed by atoms with Crippen LogP contribution in [0.1, 0.15) is 6.92 Å². The maximum Gasteiger partial charge on any atom is 0.270 e. The summed E-state index contributed by atoms with van der Waals surface area (Å²) in [6, 6.07) is 0. The Morgan fingerprint density at radius 3 is 2.75 bits per heavy atom. The molecule has 0 spiro atoms. The zero-order valence-corrected chi connectivity index (χ0v) is 9.08. The van der Waals surface area contributed by atoms with Crippen LogP contribution in [-0.2, 0) is 0 Å². The predicted octanol–water partition coefficient (Wildman–Crippen LogP) is 1.31. The summed E-state index contributed by atoms with van der Waals surface area (Å²) in [4.78, 5) is 0. The molecule has 5 heteroatoms. The van der Waals surface area contributed by atoms with Gasteiger partial charge in [-0.25, -0.2) is 4.58 Å². The summed E-state index contributed by atoms with van der Waals surface area (Å²) in [5, 5.41) is 11.5. The number of oxime groups is 1. The van der Waals surface area contributed by atoms with Crippen LogP contribution in [0.4, 0.5) is 0 Å². The molecular weight excluding hydrogens is 192 g/mol. The molecule has 0 bridgehead atoms. The molecule has 1 fully saturated rings. The summed E-state index contributed by atoms with van der Waals surface area (Å²) in [5.41, 5.74) is 0. The van der Waals surface area contributed by atoms with Gasteiger partial charge >= 0.3 is 0 Å². The molecule has 0 unspecified atom stereocenters. The van der Waals surface area contributed by atoms with Gasteiger partial charge in [0.2, 0.25) is 0 Å². The van der Waals surface area contributed by atoms with Crippen molar-refractivity contribution in [3.63, 3.8) is 0 Å². The van der Waals surface area contributed by atoms with E-state index < -0.39 is 0 Å². The van der Waals surface area contributed by atoms with Gasteiger partial charge in [0.1, 0.15) is 14.1 Å². The molecule has 1 rings (SSSR count). The van der Waals surface area contributed by atoms with Gasteiger partial charge in [0.05, 0.1) is 11.0 Å². The van der Waals surface area contributed by atoms with Crippen LogP contribution in [0.15, 0.2) is 5.16 Å². The van der Waals surface area contributed by atoms with Crippen molar-refractivity contribution in [3.05, 3.63) is 0 Å². The Balaban J connectivity index is 2.73. The van der Waals surface area contributed by atoms with Crippen LogP contribution in [0.3, 0.4) is 0 Å². The van der Waals surface area contributed by atoms with Crippen molar-refractivity contribution in [1.82, 2.24) is 0 Å². The van der Waals surface area contributed by atoms with Gasteiger partial charge in [0, 0.05) is 5.75 Å². The monoisotopic (exact) mass is 205 g/mol. The summed E-state index contributed by atoms with van der Waals surface area (Å²) in [7, 11) is 4.05. The molecular formula is C7H13N2OS2+. The maximum atomic E-state index is 8.44. The van der Waals surface area contributed by atoms with E-state index in [1.807, 2.05) is 14.1 Å². The molecule has 3 nitrogen and oxygen atoms in total. The first-order chi connectivity index (χ1) is 5.57. The molecule has 0 aromatic rings. The Morgan fingerprint density at radius 1 is 1.67 bits per heavy atom. The first-order valence-electron chi connectivity index (χ1n) is 3.62. The molecule has 0 radical (unpaired) electrons. The normalized spacial score (nSPS) is 30.1. The molecule has 0 aliphatic carbocycles. The smallest absolute Gasteiger partial charge is 0.270 e. The molecule has 1 saturated heterocycles. The number of thioether (sulfide) groups is 2. The van der Waals surface area contributed by atoms with E-state index in [9.17, 15) is 0 Å². The van der Waals surface area contributed by atoms with Crippen molar-refractivity contribution < 1.29 is 9.78 Å². The van der Waals surface area contributed by atoms with Gasteiger partial charge < -0.3 is 5.21 Å². The Bertz CT molecular complexity index is 236. The Kier molecular flexibility index (Phi) is 3.06. The average Bonchev–Trinajstić information content (AvgIpc) is 2.33. The molecule has 0 aromatic carbocycles. The number of nitrogens with zero attached hydrogens (tertiary/aromatic N) is 2. The molecule has 12 heavy (non-hydrogen) atoms. The number of hydrogen-bond acceptors (Lipinski definition) is 4. The fourth-order valence-corrected chi connectivity index (χ4v) is 3.69. The lowest BCUT2D eigenvalue weighted by molar-refractivity contribution is -0.458. The minimum Gasteiger partial charge on any atom is -0.411 e. The van der Waals surface area contributed by atoms with Gasteiger partial charge in [-0.3, -0.25) is 0 Å². The highest BCUT2D eigenvalue weighted by Gasteiger charge is 2.37. The highest BCUT2D eigenvalue weighted by Crippen LogP contribution is 2.40. The van der Waals surface area contributed by atoms with Crippen LogP contribution in [-0.4, -0.2) is 45.0 Å². The molecule has 1 aliphatic heterocycles. The molecule has 68 valence electrons. The highest BCUT2D eigenvalue weighted by molar-refractivity contribution is 8.42. The van der Waals surface area contributed by atoms with Crippen LogP contribution < -0.4 is 0 Å². The Morgan fingerprint density at radius 2 is 2.33 bits per heavy atom. The van der Waals surface area contributed by atoms with Crippen LogP contribution >= 0.6 is 23.5 Å². The second-order valence-electron chi connectivity index (χ2n) is 3.11. The van der Waals surface area contributed by atoms with Crippen LogP contribution in [0, 0.1) is 0 Å². The van der Waals surface area contributed by atoms with Crippen molar-refractivity contribution >= 4 is 34.1 Å². The van der Waals surface area contributed by atoms with E-state index in [-0.39, 0.29) is 4.75 Å². The van der Waals surface area contributed by atoms with Crippen LogP contribution in [0.2, 0.25) is 0 Å². The Labute approximate surface area is 80.9 Å². The Hall–Kier alpha value is -0.160. The highest BCUT2D eigenvalue weighted by atomic mass is 32.2. The largest absolute Gasteiger partial charge is 0.411 e. The van der Waals surface area contributed by atoms with Crippen molar-refractivity contribution in [2.24, 2.45) is 5.16 Å². The zero-order chi connectivity index (χ0) is 9.19. The van der Waals surface area contributed by atoms with Crippen molar-refractivity contribution in [1.29, 1.82) is 0 Å². The van der Waals surface area contributed by atoms with Crippen LogP contribution in [0.5, 0.6) is 0 Å². The molecule has 0 saturated carbocycles. The third-order valence-electron chi connectivity index (χ3n) is 1.50. The van der Waals surface area contributed by atoms with Gasteiger partial charge in [-0.05, 0) is 30.4 Å². The minimum atomic E-state index is -0.0426. The summed E-state index contributed by atoms with van der Waals surface area (Å²) in [6.07, 6.45) is 1.60. The second-order valence-corrected chi connectivity index (χ2v) is 5.85. The lowest BCUT2D eigenvalue weighted by Gasteiger charge is -2.10. The van der Waals surface area contributed by atoms with E-state index in [4.69, 9.17) is 5.21 Å². The molecule has 1 N–H and O–H groups in total. The second kappa shape index (κ2) is 3.70. The van der Waals surface area contributed by atoms with E-state index >= 15 is 0 Å². The van der Waals surface area contributed by atoms with E-state index in [0.717, 1.165) is 5.75 Å². The maximum absolute atomic E-state index is 8.44. The molecule has 1 atom stereocenters. The lowest BCUT2D eigenvalue weighted by atomic mass is 10.2. The average molecular weight is 205 g/mol. The molecule has 0 amide bonds. The number of rotatable bonds is 1. The topological polar surface area (TPSA) is 35.6 Å². The molecule has 1 heterocycles. The summed E-state index contributed by atoms with van der Waals surface area (Å²) in [5.74, 6) is 0.968. The van der Waals surface area contributed by atoms with E-state index in [1.165, 1.54) is 4.38 Å². The molecule has 1 aliphatic rings. The quantitative estimate of drug-likeness (QED) is 0.303. The minimum absolute atomic E-state index is 0.0426. The van der Waals surface area contributed by atoms with Gasteiger partial charge in [0.15, 0.2) is 0 Å². The van der Waals surface area contributed by atoms with Crippen molar-refractivity contribution in [2.75, 3.05) is 19.8 Å².